The van der Waals surface area contributed by atoms with Gasteiger partial charge in [-0.05, 0) is 37.8 Å². The Labute approximate surface area is 151 Å². The SMILES string of the molecule is Cc1ccccc1N(CCCC(=O)NC1CCCCCC1)S(C)(=O)=O. The number of rotatable bonds is 7. The van der Waals surface area contributed by atoms with Crippen LogP contribution in [0.4, 0.5) is 5.69 Å². The predicted molar refractivity (Wildman–Crippen MR) is 102 cm³/mol. The van der Waals surface area contributed by atoms with Crippen LogP contribution >= 0.6 is 0 Å². The molecule has 5 nitrogen and oxygen atoms in total. The number of para-hydroxylation sites is 1. The summed E-state index contributed by atoms with van der Waals surface area (Å²) in [5.41, 5.74) is 1.60. The maximum Gasteiger partial charge on any atom is 0.232 e. The van der Waals surface area contributed by atoms with Crippen molar-refractivity contribution in [1.29, 1.82) is 0 Å². The van der Waals surface area contributed by atoms with E-state index < -0.39 is 10.0 Å². The van der Waals surface area contributed by atoms with Gasteiger partial charge in [0.05, 0.1) is 11.9 Å². The highest BCUT2D eigenvalue weighted by Gasteiger charge is 2.20. The van der Waals surface area contributed by atoms with Gasteiger partial charge >= 0.3 is 0 Å². The topological polar surface area (TPSA) is 66.5 Å². The largest absolute Gasteiger partial charge is 0.353 e. The molecule has 140 valence electrons. The van der Waals surface area contributed by atoms with E-state index in [-0.39, 0.29) is 11.9 Å². The van der Waals surface area contributed by atoms with Crippen molar-refractivity contribution in [3.8, 4) is 0 Å². The first-order valence-electron chi connectivity index (χ1n) is 9.20. The summed E-state index contributed by atoms with van der Waals surface area (Å²) in [4.78, 5) is 12.2. The number of nitrogens with one attached hydrogen (secondary N) is 1. The van der Waals surface area contributed by atoms with Gasteiger partial charge in [-0.15, -0.1) is 0 Å². The molecule has 1 aromatic carbocycles. The van der Waals surface area contributed by atoms with Gasteiger partial charge in [-0.1, -0.05) is 43.9 Å². The number of hydrogen-bond acceptors (Lipinski definition) is 3. The average Bonchev–Trinajstić information content (AvgIpc) is 2.80. The summed E-state index contributed by atoms with van der Waals surface area (Å²) in [7, 11) is -3.37. The molecule has 0 bridgehead atoms. The lowest BCUT2D eigenvalue weighted by atomic mass is 10.1. The van der Waals surface area contributed by atoms with Gasteiger partial charge in [-0.25, -0.2) is 8.42 Å². The van der Waals surface area contributed by atoms with Gasteiger partial charge in [0, 0.05) is 19.0 Å². The molecule has 0 aromatic heterocycles. The average molecular weight is 367 g/mol. The molecule has 0 radical (unpaired) electrons. The minimum Gasteiger partial charge on any atom is -0.353 e. The quantitative estimate of drug-likeness (QED) is 0.752. The number of carbonyl (C=O) groups is 1. The molecule has 0 atom stereocenters. The van der Waals surface area contributed by atoms with Crippen molar-refractivity contribution in [2.45, 2.75) is 64.3 Å². The van der Waals surface area contributed by atoms with E-state index in [2.05, 4.69) is 5.32 Å². The second kappa shape index (κ2) is 9.22. The van der Waals surface area contributed by atoms with Gasteiger partial charge in [0.2, 0.25) is 15.9 Å². The Kier molecular flexibility index (Phi) is 7.29. The Morgan fingerprint density at radius 2 is 1.80 bits per heavy atom. The summed E-state index contributed by atoms with van der Waals surface area (Å²) >= 11 is 0. The smallest absolute Gasteiger partial charge is 0.232 e. The zero-order valence-electron chi connectivity index (χ0n) is 15.3. The Bertz CT molecular complexity index is 665. The number of anilines is 1. The van der Waals surface area contributed by atoms with E-state index in [1.54, 1.807) is 0 Å². The fourth-order valence-corrected chi connectivity index (χ4v) is 4.44. The highest BCUT2D eigenvalue weighted by atomic mass is 32.2. The number of carbonyl (C=O) groups excluding carboxylic acids is 1. The Hall–Kier alpha value is -1.56. The summed E-state index contributed by atoms with van der Waals surface area (Å²) in [6.45, 7) is 2.22. The number of amides is 1. The lowest BCUT2D eigenvalue weighted by molar-refractivity contribution is -0.121. The molecule has 1 aliphatic rings. The Balaban J connectivity index is 1.88. The summed E-state index contributed by atoms with van der Waals surface area (Å²) in [5.74, 6) is 0.0325. The molecule has 2 rings (SSSR count). The summed E-state index contributed by atoms with van der Waals surface area (Å²) in [6, 6.07) is 7.71. The number of hydrogen-bond donors (Lipinski definition) is 1. The van der Waals surface area contributed by atoms with Crippen LogP contribution in [0.1, 0.15) is 56.9 Å². The number of nitrogens with zero attached hydrogens (tertiary/aromatic N) is 1. The predicted octanol–water partition coefficient (Wildman–Crippen LogP) is 3.38. The van der Waals surface area contributed by atoms with Gasteiger partial charge in [0.1, 0.15) is 0 Å². The lowest BCUT2D eigenvalue weighted by Crippen LogP contribution is -2.36. The van der Waals surface area contributed by atoms with Gasteiger partial charge < -0.3 is 5.32 Å². The third-order valence-corrected chi connectivity index (χ3v) is 5.95. The Morgan fingerprint density at radius 1 is 1.16 bits per heavy atom. The third kappa shape index (κ3) is 6.34. The van der Waals surface area contributed by atoms with Crippen LogP contribution < -0.4 is 9.62 Å². The third-order valence-electron chi connectivity index (χ3n) is 4.77. The molecule has 0 unspecified atom stereocenters. The molecule has 1 amide bonds. The van der Waals surface area contributed by atoms with Gasteiger partial charge in [0.15, 0.2) is 0 Å². The zero-order valence-corrected chi connectivity index (χ0v) is 16.1. The number of aryl methyl sites for hydroxylation is 1. The van der Waals surface area contributed by atoms with Crippen LogP contribution in [0.5, 0.6) is 0 Å². The molecule has 1 aliphatic carbocycles. The number of benzene rings is 1. The molecule has 0 heterocycles. The Morgan fingerprint density at radius 3 is 2.40 bits per heavy atom. The normalized spacial score (nSPS) is 16.2. The van der Waals surface area contributed by atoms with Crippen molar-refractivity contribution in [2.75, 3.05) is 17.1 Å². The minimum atomic E-state index is -3.37. The van der Waals surface area contributed by atoms with Gasteiger partial charge in [-0.2, -0.15) is 0 Å². The molecule has 1 fully saturated rings. The van der Waals surface area contributed by atoms with Crippen LogP contribution in [0, 0.1) is 6.92 Å². The molecule has 0 spiro atoms. The molecule has 1 N–H and O–H groups in total. The summed E-state index contributed by atoms with van der Waals surface area (Å²) in [6.07, 6.45) is 9.08. The standard InChI is InChI=1S/C19H30N2O3S/c1-16-10-7-8-13-18(16)21(25(2,23)24)15-9-14-19(22)20-17-11-5-3-4-6-12-17/h7-8,10,13,17H,3-6,9,11-12,14-15H2,1-2H3,(H,20,22). The lowest BCUT2D eigenvalue weighted by Gasteiger charge is -2.24. The van der Waals surface area contributed by atoms with E-state index in [9.17, 15) is 13.2 Å². The molecular weight excluding hydrogens is 336 g/mol. The van der Waals surface area contributed by atoms with Crippen LogP contribution in [-0.4, -0.2) is 33.2 Å². The highest BCUT2D eigenvalue weighted by Crippen LogP contribution is 2.22. The van der Waals surface area contributed by atoms with Crippen LogP contribution in [0.2, 0.25) is 0 Å². The zero-order chi connectivity index (χ0) is 18.3. The van der Waals surface area contributed by atoms with E-state index in [1.165, 1.54) is 36.2 Å². The van der Waals surface area contributed by atoms with E-state index in [0.29, 0.717) is 25.1 Å². The van der Waals surface area contributed by atoms with Crippen LogP contribution in [0.25, 0.3) is 0 Å². The molecule has 1 aromatic rings. The van der Waals surface area contributed by atoms with Crippen molar-refractivity contribution in [2.24, 2.45) is 0 Å². The summed E-state index contributed by atoms with van der Waals surface area (Å²) < 4.78 is 25.7. The van der Waals surface area contributed by atoms with Crippen LogP contribution in [0.15, 0.2) is 24.3 Å². The highest BCUT2D eigenvalue weighted by molar-refractivity contribution is 7.92. The van der Waals surface area contributed by atoms with Crippen molar-refractivity contribution in [3.63, 3.8) is 0 Å². The molecule has 0 saturated heterocycles. The summed E-state index contributed by atoms with van der Waals surface area (Å²) in [5, 5.41) is 3.12. The van der Waals surface area contributed by atoms with Crippen molar-refractivity contribution >= 4 is 21.6 Å². The first-order chi connectivity index (χ1) is 11.9. The molecule has 25 heavy (non-hydrogen) atoms. The maximum atomic E-state index is 12.2. The fourth-order valence-electron chi connectivity index (χ4n) is 3.41. The number of sulfonamides is 1. The molecule has 1 saturated carbocycles. The van der Waals surface area contributed by atoms with E-state index in [4.69, 9.17) is 0 Å². The fraction of sp³-hybridized carbons (Fsp3) is 0.632. The van der Waals surface area contributed by atoms with E-state index >= 15 is 0 Å². The van der Waals surface area contributed by atoms with Crippen LogP contribution in [0.3, 0.4) is 0 Å². The second-order valence-electron chi connectivity index (χ2n) is 6.98. The van der Waals surface area contributed by atoms with E-state index in [1.807, 2.05) is 31.2 Å². The maximum absolute atomic E-state index is 12.2. The van der Waals surface area contributed by atoms with Crippen molar-refractivity contribution in [3.05, 3.63) is 29.8 Å². The molecule has 0 aliphatic heterocycles. The van der Waals surface area contributed by atoms with E-state index in [0.717, 1.165) is 18.4 Å². The van der Waals surface area contributed by atoms with Gasteiger partial charge in [0.25, 0.3) is 0 Å². The van der Waals surface area contributed by atoms with Gasteiger partial charge in [-0.3, -0.25) is 9.10 Å². The van der Waals surface area contributed by atoms with Crippen LogP contribution in [-0.2, 0) is 14.8 Å². The molecular formula is C19H30N2O3S. The second-order valence-corrected chi connectivity index (χ2v) is 8.89. The monoisotopic (exact) mass is 366 g/mol. The molecule has 6 heteroatoms. The minimum absolute atomic E-state index is 0.0325. The first kappa shape index (κ1) is 19.8. The van der Waals surface area contributed by atoms with Crippen molar-refractivity contribution < 1.29 is 13.2 Å². The first-order valence-corrected chi connectivity index (χ1v) is 11.1. The van der Waals surface area contributed by atoms with Crippen molar-refractivity contribution in [1.82, 2.24) is 5.32 Å².